The highest BCUT2D eigenvalue weighted by Gasteiger charge is 2.16. The predicted molar refractivity (Wildman–Crippen MR) is 118 cm³/mol. The van der Waals surface area contributed by atoms with Crippen LogP contribution in [0.4, 0.5) is 0 Å². The summed E-state index contributed by atoms with van der Waals surface area (Å²) in [4.78, 5) is 8.11. The summed E-state index contributed by atoms with van der Waals surface area (Å²) in [6.07, 6.45) is 4.64. The van der Waals surface area contributed by atoms with Gasteiger partial charge in [0.25, 0.3) is 0 Å². The van der Waals surface area contributed by atoms with Gasteiger partial charge in [0, 0.05) is 30.9 Å². The lowest BCUT2D eigenvalue weighted by Gasteiger charge is -2.06. The number of hydrogen-bond acceptors (Lipinski definition) is 9. The summed E-state index contributed by atoms with van der Waals surface area (Å²) in [6, 6.07) is 18.5. The van der Waals surface area contributed by atoms with E-state index >= 15 is 0 Å². The molecule has 0 unspecified atom stereocenters. The van der Waals surface area contributed by atoms with Crippen molar-refractivity contribution in [1.82, 2.24) is 21.3 Å². The van der Waals surface area contributed by atoms with Crippen LogP contribution in [-0.4, -0.2) is 29.8 Å². The Morgan fingerprint density at radius 2 is 1.69 bits per heavy atom. The predicted octanol–water partition coefficient (Wildman–Crippen LogP) is 3.80. The highest BCUT2D eigenvalue weighted by atomic mass is 32.2. The first-order chi connectivity index (χ1) is 15.0. The Bertz CT molecular complexity index is 1260. The molecule has 0 spiro atoms. The van der Waals surface area contributed by atoms with E-state index in [1.165, 1.54) is 6.20 Å². The van der Waals surface area contributed by atoms with E-state index in [0.29, 0.717) is 35.9 Å². The van der Waals surface area contributed by atoms with Crippen LogP contribution in [0.15, 0.2) is 77.6 Å². The largest absolute Gasteiger partial charge is 0.473 e. The fourth-order valence-corrected chi connectivity index (χ4v) is 3.28. The second kappa shape index (κ2) is 10.0. The molecule has 0 saturated carbocycles. The molecule has 0 bridgehead atoms. The summed E-state index contributed by atoms with van der Waals surface area (Å²) in [5.74, 6) is 0.906. The molecule has 0 aliphatic carbocycles. The van der Waals surface area contributed by atoms with Gasteiger partial charge in [0.2, 0.25) is 11.8 Å². The molecule has 0 atom stereocenters. The Balaban J connectivity index is 0.00000289. The summed E-state index contributed by atoms with van der Waals surface area (Å²) < 4.78 is 38.9. The van der Waals surface area contributed by atoms with Crippen LogP contribution in [-0.2, 0) is 23.1 Å². The molecule has 0 fully saturated rings. The van der Waals surface area contributed by atoms with E-state index in [9.17, 15) is 8.42 Å². The molecule has 0 radical (unpaired) electrons. The van der Waals surface area contributed by atoms with E-state index in [4.69, 9.17) is 13.4 Å². The summed E-state index contributed by atoms with van der Waals surface area (Å²) in [5, 5.41) is 4.08. The van der Waals surface area contributed by atoms with Gasteiger partial charge < -0.3 is 19.6 Å². The van der Waals surface area contributed by atoms with Gasteiger partial charge in [-0.15, -0.1) is 0 Å². The molecule has 0 aliphatic rings. The molecule has 0 amide bonds. The van der Waals surface area contributed by atoms with Crippen molar-refractivity contribution in [3.8, 4) is 23.1 Å². The quantitative estimate of drug-likeness (QED) is 0.394. The Kier molecular flexibility index (Phi) is 7.18. The zero-order valence-electron chi connectivity index (χ0n) is 17.3. The molecule has 0 aliphatic heterocycles. The summed E-state index contributed by atoms with van der Waals surface area (Å²) in [5.41, 5.74) is 3.17. The van der Waals surface area contributed by atoms with Gasteiger partial charge >= 0.3 is 10.1 Å². The molecule has 4 aromatic rings. The van der Waals surface area contributed by atoms with Crippen molar-refractivity contribution in [2.75, 3.05) is 6.26 Å². The molecule has 10 heteroatoms. The van der Waals surface area contributed by atoms with Gasteiger partial charge in [-0.3, -0.25) is 0 Å². The van der Waals surface area contributed by atoms with Crippen LogP contribution in [0.3, 0.4) is 0 Å². The first-order valence-corrected chi connectivity index (χ1v) is 11.2. The van der Waals surface area contributed by atoms with Gasteiger partial charge in [0.1, 0.15) is 6.61 Å². The van der Waals surface area contributed by atoms with E-state index < -0.39 is 10.1 Å². The highest BCUT2D eigenvalue weighted by Crippen LogP contribution is 2.29. The van der Waals surface area contributed by atoms with Crippen molar-refractivity contribution in [3.63, 3.8) is 0 Å². The minimum absolute atomic E-state index is 0. The van der Waals surface area contributed by atoms with Crippen LogP contribution in [0.1, 0.15) is 16.8 Å². The van der Waals surface area contributed by atoms with Crippen molar-refractivity contribution in [2.24, 2.45) is 0 Å². The van der Waals surface area contributed by atoms with E-state index in [-0.39, 0.29) is 12.0 Å². The average molecular weight is 455 g/mol. The summed E-state index contributed by atoms with van der Waals surface area (Å²) in [6.45, 7) is 0.426. The third-order valence-corrected chi connectivity index (χ3v) is 4.72. The van der Waals surface area contributed by atoms with Gasteiger partial charge in [-0.2, -0.15) is 8.42 Å². The standard InChI is InChI=1S/C22H19N3O5S.H3N/c1-31(26,27)30-22-19(5-4-12-24-22)20-14-18(25-29-20)13-16-7-9-17(10-8-16)15-28-21-6-2-3-11-23-21;/h2-12,14H,13,15H2,1H3;1H3. The van der Waals surface area contributed by atoms with Crippen molar-refractivity contribution in [1.29, 1.82) is 0 Å². The van der Waals surface area contributed by atoms with E-state index in [1.54, 1.807) is 24.4 Å². The highest BCUT2D eigenvalue weighted by molar-refractivity contribution is 7.86. The zero-order valence-corrected chi connectivity index (χ0v) is 18.2. The second-order valence-electron chi connectivity index (χ2n) is 6.78. The Labute approximate surface area is 185 Å². The monoisotopic (exact) mass is 454 g/mol. The molecule has 4 rings (SSSR count). The molecule has 3 heterocycles. The molecule has 3 aromatic heterocycles. The van der Waals surface area contributed by atoms with Crippen LogP contribution in [0.25, 0.3) is 11.3 Å². The van der Waals surface area contributed by atoms with Crippen LogP contribution < -0.4 is 15.1 Å². The fourth-order valence-electron chi connectivity index (χ4n) is 2.86. The van der Waals surface area contributed by atoms with Crippen molar-refractivity contribution in [3.05, 3.63) is 89.9 Å². The minimum Gasteiger partial charge on any atom is -0.473 e. The molecule has 0 saturated heterocycles. The van der Waals surface area contributed by atoms with Gasteiger partial charge in [0.15, 0.2) is 5.76 Å². The lowest BCUT2D eigenvalue weighted by Crippen LogP contribution is -2.07. The van der Waals surface area contributed by atoms with Gasteiger partial charge in [-0.25, -0.2) is 9.97 Å². The molecule has 32 heavy (non-hydrogen) atoms. The maximum Gasteiger partial charge on any atom is 0.307 e. The number of nitrogens with zero attached hydrogens (tertiary/aromatic N) is 3. The van der Waals surface area contributed by atoms with Crippen molar-refractivity contribution < 1.29 is 21.9 Å². The smallest absolute Gasteiger partial charge is 0.307 e. The number of rotatable bonds is 8. The van der Waals surface area contributed by atoms with E-state index in [2.05, 4.69) is 15.1 Å². The number of hydrogen-bond donors (Lipinski definition) is 1. The van der Waals surface area contributed by atoms with Crippen LogP contribution in [0.2, 0.25) is 0 Å². The van der Waals surface area contributed by atoms with Gasteiger partial charge in [-0.05, 0) is 29.3 Å². The van der Waals surface area contributed by atoms with Crippen LogP contribution >= 0.6 is 0 Å². The molecule has 3 N–H and O–H groups in total. The number of pyridine rings is 2. The topological polar surface area (TPSA) is 139 Å². The van der Waals surface area contributed by atoms with Crippen LogP contribution in [0.5, 0.6) is 11.8 Å². The van der Waals surface area contributed by atoms with Crippen molar-refractivity contribution >= 4 is 10.1 Å². The Morgan fingerprint density at radius 3 is 2.41 bits per heavy atom. The minimum atomic E-state index is -3.71. The molecule has 9 nitrogen and oxygen atoms in total. The number of aromatic nitrogens is 3. The van der Waals surface area contributed by atoms with Crippen LogP contribution in [0, 0.1) is 0 Å². The second-order valence-corrected chi connectivity index (χ2v) is 8.35. The first kappa shape index (κ1) is 22.9. The maximum absolute atomic E-state index is 11.5. The lowest BCUT2D eigenvalue weighted by molar-refractivity contribution is 0.294. The molecular weight excluding hydrogens is 432 g/mol. The zero-order chi connectivity index (χ0) is 21.7. The number of ether oxygens (including phenoxy) is 1. The van der Waals surface area contributed by atoms with Gasteiger partial charge in [-0.1, -0.05) is 35.5 Å². The Morgan fingerprint density at radius 1 is 0.938 bits per heavy atom. The molecule has 166 valence electrons. The number of benzene rings is 1. The van der Waals surface area contributed by atoms with Gasteiger partial charge in [0.05, 0.1) is 17.5 Å². The lowest BCUT2D eigenvalue weighted by atomic mass is 10.1. The fraction of sp³-hybridized carbons (Fsp3) is 0.136. The SMILES string of the molecule is CS(=O)(=O)Oc1ncccc1-c1cc(Cc2ccc(COc3ccccn3)cc2)no1.N. The van der Waals surface area contributed by atoms with E-state index in [0.717, 1.165) is 17.4 Å². The third kappa shape index (κ3) is 6.13. The molecular formula is C22H22N4O5S. The average Bonchev–Trinajstić information content (AvgIpc) is 3.21. The normalized spacial score (nSPS) is 10.9. The van der Waals surface area contributed by atoms with Crippen molar-refractivity contribution in [2.45, 2.75) is 13.0 Å². The summed E-state index contributed by atoms with van der Waals surface area (Å²) in [7, 11) is -3.71. The molecule has 1 aromatic carbocycles. The first-order valence-electron chi connectivity index (χ1n) is 9.38. The summed E-state index contributed by atoms with van der Waals surface area (Å²) >= 11 is 0. The maximum atomic E-state index is 11.5. The third-order valence-electron chi connectivity index (χ3n) is 4.26. The van der Waals surface area contributed by atoms with E-state index in [1.807, 2.05) is 42.5 Å². The Hall–Kier alpha value is -3.76.